The molecule has 4 bridgehead atoms. The van der Waals surface area contributed by atoms with Crippen LogP contribution in [0.25, 0.3) is 16.6 Å². The van der Waals surface area contributed by atoms with Gasteiger partial charge < -0.3 is 9.64 Å². The summed E-state index contributed by atoms with van der Waals surface area (Å²) in [5.41, 5.74) is 1.98. The summed E-state index contributed by atoms with van der Waals surface area (Å²) in [6, 6.07) is 6.40. The summed E-state index contributed by atoms with van der Waals surface area (Å²) >= 11 is 22.6. The minimum absolute atomic E-state index is 0.261. The van der Waals surface area contributed by atoms with E-state index < -0.39 is 5.97 Å². The lowest BCUT2D eigenvalue weighted by Gasteiger charge is -2.57. The summed E-state index contributed by atoms with van der Waals surface area (Å²) in [5.74, 6) is 3.57. The van der Waals surface area contributed by atoms with Gasteiger partial charge in [0.05, 0.1) is 26.6 Å². The number of rotatable bonds is 8. The first-order valence-corrected chi connectivity index (χ1v) is 19.9. The van der Waals surface area contributed by atoms with E-state index in [1.807, 2.05) is 11.4 Å². The Morgan fingerprint density at radius 3 is 2.38 bits per heavy atom. The summed E-state index contributed by atoms with van der Waals surface area (Å²) in [6.45, 7) is 6.87. The number of nitrogens with one attached hydrogen (secondary N) is 1. The van der Waals surface area contributed by atoms with E-state index >= 15 is 0 Å². The molecule has 2 aromatic heterocycles. The van der Waals surface area contributed by atoms with Crippen LogP contribution in [0, 0.1) is 29.6 Å². The molecule has 1 amide bonds. The van der Waals surface area contributed by atoms with Crippen LogP contribution < -0.4 is 10.2 Å². The van der Waals surface area contributed by atoms with E-state index in [1.54, 1.807) is 43.4 Å². The number of thiazole rings is 1. The van der Waals surface area contributed by atoms with Crippen LogP contribution in [0.5, 0.6) is 0 Å². The van der Waals surface area contributed by atoms with Gasteiger partial charge in [0.2, 0.25) is 0 Å². The third kappa shape index (κ3) is 6.11. The second-order valence-electron chi connectivity index (χ2n) is 14.3. The molecule has 4 aliphatic carbocycles. The van der Waals surface area contributed by atoms with Gasteiger partial charge in [-0.3, -0.25) is 15.0 Å². The molecule has 1 N–H and O–H groups in total. The molecule has 3 aromatic rings. The highest BCUT2D eigenvalue weighted by Gasteiger charge is 2.54. The van der Waals surface area contributed by atoms with Crippen molar-refractivity contribution in [3.63, 3.8) is 0 Å². The Labute approximate surface area is 304 Å². The first-order chi connectivity index (χ1) is 23.1. The molecule has 1 aromatic carbocycles. The lowest BCUT2D eigenvalue weighted by molar-refractivity contribution is -0.138. The van der Waals surface area contributed by atoms with Crippen molar-refractivity contribution in [3.05, 3.63) is 55.3 Å². The lowest BCUT2D eigenvalue weighted by Crippen LogP contribution is -2.57. The molecule has 0 unspecified atom stereocenters. The Morgan fingerprint density at radius 1 is 1.02 bits per heavy atom. The SMILES string of the molecule is CCOC(=O)/C(C)=C/c1c(Cl)cc(C(=O)Nc2nc(-c3cc(Cl)cs3)c(N3C[C@@H]4CCN(C5C6CC7CC(C6)CC5C7)[C@@H]4C3)s2)cc1Cl. The minimum atomic E-state index is -0.448. The van der Waals surface area contributed by atoms with Gasteiger partial charge in [-0.2, -0.15) is 0 Å². The Hall–Kier alpha value is -2.14. The third-order valence-corrected chi connectivity index (χ3v) is 14.3. The third-order valence-electron chi connectivity index (χ3n) is 11.4. The molecule has 6 aliphatic rings. The minimum Gasteiger partial charge on any atom is -0.463 e. The van der Waals surface area contributed by atoms with E-state index in [9.17, 15) is 9.59 Å². The van der Waals surface area contributed by atoms with Gasteiger partial charge in [0.1, 0.15) is 10.7 Å². The number of likely N-dealkylation sites (tertiary alicyclic amines) is 1. The smallest absolute Gasteiger partial charge is 0.333 e. The molecule has 12 heteroatoms. The maximum Gasteiger partial charge on any atom is 0.333 e. The number of hydrogen-bond donors (Lipinski definition) is 1. The molecule has 2 aliphatic heterocycles. The van der Waals surface area contributed by atoms with Crippen molar-refractivity contribution in [1.29, 1.82) is 0 Å². The topological polar surface area (TPSA) is 74.8 Å². The van der Waals surface area contributed by atoms with Gasteiger partial charge in [-0.1, -0.05) is 46.1 Å². The molecule has 6 fully saturated rings. The van der Waals surface area contributed by atoms with E-state index in [-0.39, 0.29) is 22.6 Å². The fourth-order valence-electron chi connectivity index (χ4n) is 9.69. The zero-order valence-corrected chi connectivity index (χ0v) is 30.9. The lowest BCUT2D eigenvalue weighted by atomic mass is 9.54. The van der Waals surface area contributed by atoms with Crippen LogP contribution in [0.3, 0.4) is 0 Å². The maximum atomic E-state index is 13.5. The number of carbonyl (C=O) groups is 2. The van der Waals surface area contributed by atoms with E-state index in [1.165, 1.54) is 56.4 Å². The number of aromatic nitrogens is 1. The molecule has 48 heavy (non-hydrogen) atoms. The van der Waals surface area contributed by atoms with Crippen molar-refractivity contribution in [3.8, 4) is 10.6 Å². The standard InChI is InChI=1S/C36H39Cl3N4O3S2/c1-3-46-35(45)18(2)6-26-27(38)12-24(13-28(26)39)33(44)41-36-40-31(30-14-25(37)17-47-30)34(48-36)42-15-21-4-5-43(29(21)16-42)32-22-8-19-7-20(10-22)11-23(32)9-19/h6,12-14,17,19-23,29,32H,3-5,7-11,15-16H2,1-2H3,(H,40,41,44)/b18-6+/t19?,20?,21-,22?,23?,29+,32?/m0/s1. The monoisotopic (exact) mass is 744 g/mol. The molecular formula is C36H39Cl3N4O3S2. The van der Waals surface area contributed by atoms with E-state index in [4.69, 9.17) is 44.5 Å². The van der Waals surface area contributed by atoms with Gasteiger partial charge in [-0.05, 0) is 113 Å². The average Bonchev–Trinajstić information content (AvgIpc) is 3.83. The molecule has 2 saturated heterocycles. The number of hydrogen-bond acceptors (Lipinski definition) is 8. The number of anilines is 2. The van der Waals surface area contributed by atoms with Crippen LogP contribution in [0.4, 0.5) is 10.1 Å². The van der Waals surface area contributed by atoms with Crippen LogP contribution in [-0.2, 0) is 9.53 Å². The number of esters is 1. The highest BCUT2D eigenvalue weighted by Crippen LogP contribution is 2.57. The zero-order chi connectivity index (χ0) is 33.3. The second kappa shape index (κ2) is 13.2. The maximum absolute atomic E-state index is 13.5. The summed E-state index contributed by atoms with van der Waals surface area (Å²) in [7, 11) is 0. The fourth-order valence-corrected chi connectivity index (χ4v) is 12.4. The van der Waals surface area contributed by atoms with Crippen molar-refractivity contribution < 1.29 is 14.3 Å². The molecule has 7 nitrogen and oxygen atoms in total. The van der Waals surface area contributed by atoms with Crippen molar-refractivity contribution >= 4 is 85.6 Å². The van der Waals surface area contributed by atoms with Gasteiger partial charge in [0, 0.05) is 47.3 Å². The van der Waals surface area contributed by atoms with Gasteiger partial charge >= 0.3 is 5.97 Å². The highest BCUT2D eigenvalue weighted by atomic mass is 35.5. The fraction of sp³-hybridized carbons (Fsp3) is 0.528. The van der Waals surface area contributed by atoms with Crippen molar-refractivity contribution in [1.82, 2.24) is 9.88 Å². The van der Waals surface area contributed by atoms with Crippen molar-refractivity contribution in [2.75, 3.05) is 36.5 Å². The summed E-state index contributed by atoms with van der Waals surface area (Å²) < 4.78 is 5.06. The Morgan fingerprint density at radius 2 is 1.73 bits per heavy atom. The van der Waals surface area contributed by atoms with E-state index in [0.29, 0.717) is 38.8 Å². The normalized spacial score (nSPS) is 29.5. The molecule has 254 valence electrons. The predicted molar refractivity (Wildman–Crippen MR) is 197 cm³/mol. The van der Waals surface area contributed by atoms with Crippen LogP contribution in [0.15, 0.2) is 29.2 Å². The summed E-state index contributed by atoms with van der Waals surface area (Å²) in [6.07, 6.45) is 10.1. The molecule has 2 atom stereocenters. The number of carbonyl (C=O) groups excluding carboxylic acids is 2. The number of fused-ring (bicyclic) bond motifs is 1. The molecule has 4 saturated carbocycles. The van der Waals surface area contributed by atoms with Gasteiger partial charge in [0.25, 0.3) is 5.91 Å². The number of nitrogens with zero attached hydrogens (tertiary/aromatic N) is 3. The van der Waals surface area contributed by atoms with Crippen LogP contribution in [0.1, 0.15) is 68.3 Å². The molecule has 4 heterocycles. The summed E-state index contributed by atoms with van der Waals surface area (Å²) in [4.78, 5) is 37.0. The molecule has 0 spiro atoms. The second-order valence-corrected chi connectivity index (χ2v) is 17.5. The molecular weight excluding hydrogens is 707 g/mol. The van der Waals surface area contributed by atoms with E-state index in [2.05, 4.69) is 15.1 Å². The van der Waals surface area contributed by atoms with Gasteiger partial charge in [-0.25, -0.2) is 9.78 Å². The quantitative estimate of drug-likeness (QED) is 0.183. The Balaban J connectivity index is 1.03. The van der Waals surface area contributed by atoms with Crippen LogP contribution >= 0.6 is 57.5 Å². The van der Waals surface area contributed by atoms with E-state index in [0.717, 1.165) is 58.4 Å². The van der Waals surface area contributed by atoms with Gasteiger partial charge in [-0.15, -0.1) is 11.3 Å². The average molecular weight is 746 g/mol. The van der Waals surface area contributed by atoms with Gasteiger partial charge in [0.15, 0.2) is 5.13 Å². The van der Waals surface area contributed by atoms with Crippen LogP contribution in [0.2, 0.25) is 15.1 Å². The predicted octanol–water partition coefficient (Wildman–Crippen LogP) is 9.39. The number of amides is 1. The molecule has 9 rings (SSSR count). The number of thiophene rings is 1. The number of ether oxygens (including phenoxy) is 1. The Kier molecular flexibility index (Phi) is 9.08. The van der Waals surface area contributed by atoms with Crippen molar-refractivity contribution in [2.45, 2.75) is 64.5 Å². The first-order valence-electron chi connectivity index (χ1n) is 17.1. The van der Waals surface area contributed by atoms with Crippen LogP contribution in [-0.4, -0.2) is 60.1 Å². The van der Waals surface area contributed by atoms with Crippen molar-refractivity contribution in [2.24, 2.45) is 29.6 Å². The molecule has 0 radical (unpaired) electrons. The summed E-state index contributed by atoms with van der Waals surface area (Å²) in [5, 5.41) is 7.73. The highest BCUT2D eigenvalue weighted by molar-refractivity contribution is 7.21. The number of benzene rings is 1. The Bertz CT molecular complexity index is 1740. The number of halogens is 3. The largest absolute Gasteiger partial charge is 0.463 e. The first kappa shape index (κ1) is 33.0. The zero-order valence-electron chi connectivity index (χ0n) is 27.0.